The van der Waals surface area contributed by atoms with Crippen LogP contribution in [0.4, 0.5) is 0 Å². The van der Waals surface area contributed by atoms with Crippen LogP contribution in [0, 0.1) is 5.92 Å². The average molecular weight is 306 g/mol. The number of rotatable bonds is 4. The molecule has 0 bridgehead atoms. The summed E-state index contributed by atoms with van der Waals surface area (Å²) in [6.45, 7) is 3.41. The molecule has 2 unspecified atom stereocenters. The third-order valence-electron chi connectivity index (χ3n) is 3.94. The molecule has 0 spiro atoms. The number of aliphatic carboxylic acids is 1. The fourth-order valence-electron chi connectivity index (χ4n) is 2.95. The Hall–Kier alpha value is -1.66. The summed E-state index contributed by atoms with van der Waals surface area (Å²) in [4.78, 5) is 18.1. The fourth-order valence-corrected chi connectivity index (χ4v) is 3.73. The molecular formula is C15H18N2O3S. The van der Waals surface area contributed by atoms with Crippen molar-refractivity contribution in [2.75, 3.05) is 6.54 Å². The van der Waals surface area contributed by atoms with Gasteiger partial charge in [-0.15, -0.1) is 11.3 Å². The molecule has 1 fully saturated rings. The molecule has 1 aliphatic heterocycles. The minimum absolute atomic E-state index is 0.180. The molecule has 6 heteroatoms. The Balaban J connectivity index is 1.75. The summed E-state index contributed by atoms with van der Waals surface area (Å²) in [6.07, 6.45) is 3.64. The van der Waals surface area contributed by atoms with Crippen LogP contribution in [0.25, 0.3) is 10.8 Å². The fraction of sp³-hybridized carbons (Fsp3) is 0.467. The molecule has 21 heavy (non-hydrogen) atoms. The lowest BCUT2D eigenvalue weighted by molar-refractivity contribution is -0.147. The first kappa shape index (κ1) is 14.3. The van der Waals surface area contributed by atoms with Crippen molar-refractivity contribution in [1.82, 2.24) is 9.88 Å². The number of hydrogen-bond acceptors (Lipinski definition) is 5. The van der Waals surface area contributed by atoms with E-state index in [-0.39, 0.29) is 5.92 Å². The van der Waals surface area contributed by atoms with Crippen molar-refractivity contribution in [3.8, 4) is 10.8 Å². The molecule has 0 amide bonds. The maximum Gasteiger partial charge on any atom is 0.321 e. The van der Waals surface area contributed by atoms with Gasteiger partial charge in [0.15, 0.2) is 10.8 Å². The van der Waals surface area contributed by atoms with Crippen molar-refractivity contribution in [2.45, 2.75) is 32.4 Å². The van der Waals surface area contributed by atoms with E-state index in [1.165, 1.54) is 11.3 Å². The van der Waals surface area contributed by atoms with Crippen LogP contribution in [0.3, 0.4) is 0 Å². The quantitative estimate of drug-likeness (QED) is 0.940. The number of carboxylic acid groups (broad SMARTS) is 1. The summed E-state index contributed by atoms with van der Waals surface area (Å²) < 4.78 is 5.34. The Labute approximate surface area is 127 Å². The maximum atomic E-state index is 11.5. The molecule has 3 rings (SSSR count). The third-order valence-corrected chi connectivity index (χ3v) is 4.84. The number of carbonyl (C=O) groups is 1. The second-order valence-corrected chi connectivity index (χ2v) is 6.35. The van der Waals surface area contributed by atoms with Gasteiger partial charge in [0.05, 0.1) is 12.0 Å². The van der Waals surface area contributed by atoms with Gasteiger partial charge in [-0.05, 0) is 37.4 Å². The molecule has 2 atom stereocenters. The third kappa shape index (κ3) is 3.01. The normalized spacial score (nSPS) is 23.3. The predicted molar refractivity (Wildman–Crippen MR) is 80.0 cm³/mol. The summed E-state index contributed by atoms with van der Waals surface area (Å²) in [5, 5.41) is 12.3. The lowest BCUT2D eigenvalue weighted by Crippen LogP contribution is -2.48. The summed E-state index contributed by atoms with van der Waals surface area (Å²) in [5.41, 5.74) is 0.909. The highest BCUT2D eigenvalue weighted by atomic mass is 32.1. The van der Waals surface area contributed by atoms with Crippen molar-refractivity contribution >= 4 is 17.3 Å². The average Bonchev–Trinajstić information content (AvgIpc) is 3.08. The molecule has 2 aromatic rings. The lowest BCUT2D eigenvalue weighted by atomic mass is 9.91. The number of likely N-dealkylation sites (tertiary alicyclic amines) is 1. The Morgan fingerprint density at radius 3 is 3.19 bits per heavy atom. The van der Waals surface area contributed by atoms with Crippen molar-refractivity contribution < 1.29 is 14.3 Å². The smallest absolute Gasteiger partial charge is 0.321 e. The van der Waals surface area contributed by atoms with Crippen LogP contribution < -0.4 is 0 Å². The van der Waals surface area contributed by atoms with Gasteiger partial charge < -0.3 is 9.52 Å². The Morgan fingerprint density at radius 2 is 2.48 bits per heavy atom. The van der Waals surface area contributed by atoms with Gasteiger partial charge in [-0.3, -0.25) is 9.69 Å². The number of carboxylic acids is 1. The molecule has 1 saturated heterocycles. The van der Waals surface area contributed by atoms with Gasteiger partial charge in [-0.1, -0.05) is 6.92 Å². The van der Waals surface area contributed by atoms with E-state index < -0.39 is 12.0 Å². The van der Waals surface area contributed by atoms with Gasteiger partial charge in [0.2, 0.25) is 0 Å². The largest absolute Gasteiger partial charge is 0.480 e. The van der Waals surface area contributed by atoms with Crippen LogP contribution in [0.5, 0.6) is 0 Å². The standard InChI is InChI=1S/C15H18N2O3S/c1-10-4-2-6-17(13(10)15(18)19)8-11-9-21-14(16-11)12-5-3-7-20-12/h3,5,7,9-10,13H,2,4,6,8H2,1H3,(H,18,19). The first-order valence-corrected chi connectivity index (χ1v) is 7.98. The van der Waals surface area contributed by atoms with E-state index >= 15 is 0 Å². The second kappa shape index (κ2) is 5.99. The minimum Gasteiger partial charge on any atom is -0.480 e. The molecule has 112 valence electrons. The van der Waals surface area contributed by atoms with E-state index in [4.69, 9.17) is 4.42 Å². The molecule has 0 saturated carbocycles. The van der Waals surface area contributed by atoms with Crippen LogP contribution in [-0.2, 0) is 11.3 Å². The van der Waals surface area contributed by atoms with E-state index in [1.54, 1.807) is 6.26 Å². The van der Waals surface area contributed by atoms with Crippen LogP contribution >= 0.6 is 11.3 Å². The molecule has 5 nitrogen and oxygen atoms in total. The summed E-state index contributed by atoms with van der Waals surface area (Å²) in [6, 6.07) is 3.31. The minimum atomic E-state index is -0.733. The molecule has 3 heterocycles. The Bertz CT molecular complexity index is 608. The SMILES string of the molecule is CC1CCCN(Cc2csc(-c3ccco3)n2)C1C(=O)O. The zero-order valence-electron chi connectivity index (χ0n) is 11.9. The number of furan rings is 1. The maximum absolute atomic E-state index is 11.5. The zero-order chi connectivity index (χ0) is 14.8. The number of piperidine rings is 1. The van der Waals surface area contributed by atoms with E-state index in [2.05, 4.69) is 4.98 Å². The summed E-state index contributed by atoms with van der Waals surface area (Å²) in [5.74, 6) is 0.205. The monoisotopic (exact) mass is 306 g/mol. The van der Waals surface area contributed by atoms with Gasteiger partial charge in [-0.2, -0.15) is 0 Å². The van der Waals surface area contributed by atoms with Gasteiger partial charge >= 0.3 is 5.97 Å². The number of hydrogen-bond donors (Lipinski definition) is 1. The first-order valence-electron chi connectivity index (χ1n) is 7.10. The van der Waals surface area contributed by atoms with Crippen LogP contribution in [-0.4, -0.2) is 33.5 Å². The van der Waals surface area contributed by atoms with E-state index in [0.29, 0.717) is 6.54 Å². The first-order chi connectivity index (χ1) is 10.1. The van der Waals surface area contributed by atoms with Gasteiger partial charge in [-0.25, -0.2) is 4.98 Å². The Morgan fingerprint density at radius 1 is 1.62 bits per heavy atom. The van der Waals surface area contributed by atoms with Crippen LogP contribution in [0.15, 0.2) is 28.2 Å². The van der Waals surface area contributed by atoms with Crippen molar-refractivity contribution in [3.63, 3.8) is 0 Å². The summed E-state index contributed by atoms with van der Waals surface area (Å²) in [7, 11) is 0. The highest BCUT2D eigenvalue weighted by molar-refractivity contribution is 7.13. The van der Waals surface area contributed by atoms with E-state index in [9.17, 15) is 9.90 Å². The molecule has 2 aromatic heterocycles. The molecular weight excluding hydrogens is 288 g/mol. The number of nitrogens with zero attached hydrogens (tertiary/aromatic N) is 2. The van der Waals surface area contributed by atoms with E-state index in [1.807, 2.05) is 29.3 Å². The van der Waals surface area contributed by atoms with Crippen molar-refractivity contribution in [3.05, 3.63) is 29.5 Å². The molecule has 0 aliphatic carbocycles. The molecule has 1 N–H and O–H groups in total. The highest BCUT2D eigenvalue weighted by Gasteiger charge is 2.34. The Kier molecular flexibility index (Phi) is 4.07. The molecule has 0 aromatic carbocycles. The van der Waals surface area contributed by atoms with Gasteiger partial charge in [0, 0.05) is 11.9 Å². The highest BCUT2D eigenvalue weighted by Crippen LogP contribution is 2.28. The predicted octanol–water partition coefficient (Wildman–Crippen LogP) is 3.09. The lowest BCUT2D eigenvalue weighted by Gasteiger charge is -2.36. The van der Waals surface area contributed by atoms with Gasteiger partial charge in [0.1, 0.15) is 6.04 Å². The van der Waals surface area contributed by atoms with Crippen LogP contribution in [0.2, 0.25) is 0 Å². The van der Waals surface area contributed by atoms with Gasteiger partial charge in [0.25, 0.3) is 0 Å². The van der Waals surface area contributed by atoms with Crippen molar-refractivity contribution in [1.29, 1.82) is 0 Å². The number of aromatic nitrogens is 1. The van der Waals surface area contributed by atoms with Crippen molar-refractivity contribution in [2.24, 2.45) is 5.92 Å². The molecule has 0 radical (unpaired) electrons. The van der Waals surface area contributed by atoms with Crippen LogP contribution in [0.1, 0.15) is 25.5 Å². The molecule has 1 aliphatic rings. The second-order valence-electron chi connectivity index (χ2n) is 5.49. The zero-order valence-corrected chi connectivity index (χ0v) is 12.7. The summed E-state index contributed by atoms with van der Waals surface area (Å²) >= 11 is 1.53. The number of thiazole rings is 1. The topological polar surface area (TPSA) is 66.6 Å². The van der Waals surface area contributed by atoms with E-state index in [0.717, 1.165) is 35.8 Å².